The molecule has 1 rings (SSSR count). The summed E-state index contributed by atoms with van der Waals surface area (Å²) in [7, 11) is -3.86. The molecule has 1 heterocycles. The highest BCUT2D eigenvalue weighted by Gasteiger charge is 2.28. The third-order valence-corrected chi connectivity index (χ3v) is 4.83. The van der Waals surface area contributed by atoms with Crippen molar-refractivity contribution in [2.45, 2.75) is 25.0 Å². The summed E-state index contributed by atoms with van der Waals surface area (Å²) in [5.74, 6) is -2.50. The lowest BCUT2D eigenvalue weighted by molar-refractivity contribution is -0.140. The van der Waals surface area contributed by atoms with Gasteiger partial charge in [-0.2, -0.15) is 0 Å². The topological polar surface area (TPSA) is 124 Å². The molecule has 0 aliphatic rings. The van der Waals surface area contributed by atoms with E-state index in [2.05, 4.69) is 5.09 Å². The van der Waals surface area contributed by atoms with Crippen molar-refractivity contribution in [3.8, 4) is 0 Å². The minimum Gasteiger partial charge on any atom is -0.481 e. The Kier molecular flexibility index (Phi) is 5.68. The fraction of sp³-hybridized carbons (Fsp3) is 0.400. The molecule has 4 N–H and O–H groups in total. The zero-order valence-corrected chi connectivity index (χ0v) is 11.6. The summed E-state index contributed by atoms with van der Waals surface area (Å²) in [5, 5.41) is 21.3. The number of aliphatic carboxylic acids is 2. The van der Waals surface area contributed by atoms with Gasteiger partial charge in [-0.15, -0.1) is 11.3 Å². The molecule has 0 saturated heterocycles. The van der Waals surface area contributed by atoms with E-state index < -0.39 is 25.5 Å². The molecule has 1 aromatic rings. The van der Waals surface area contributed by atoms with Crippen LogP contribution in [0.25, 0.3) is 0 Å². The maximum Gasteiger partial charge on any atom is 0.321 e. The minimum absolute atomic E-state index is 0.179. The molecule has 2 unspecified atom stereocenters. The van der Waals surface area contributed by atoms with Crippen LogP contribution in [0.15, 0.2) is 17.5 Å². The van der Waals surface area contributed by atoms with Gasteiger partial charge < -0.3 is 15.1 Å². The van der Waals surface area contributed by atoms with Gasteiger partial charge in [-0.3, -0.25) is 14.2 Å². The van der Waals surface area contributed by atoms with Gasteiger partial charge in [0.05, 0.1) is 6.16 Å². The van der Waals surface area contributed by atoms with Crippen LogP contribution < -0.4 is 5.09 Å². The summed E-state index contributed by atoms with van der Waals surface area (Å²) >= 11 is 1.29. The van der Waals surface area contributed by atoms with Gasteiger partial charge >= 0.3 is 11.9 Å². The first kappa shape index (κ1) is 15.8. The van der Waals surface area contributed by atoms with Gasteiger partial charge in [0.2, 0.25) is 0 Å². The number of thiophene rings is 1. The van der Waals surface area contributed by atoms with Crippen LogP contribution in [0.5, 0.6) is 0 Å². The van der Waals surface area contributed by atoms with Crippen molar-refractivity contribution in [2.24, 2.45) is 0 Å². The molecule has 9 heteroatoms. The molecular formula is C10H14NO6PS. The summed E-state index contributed by atoms with van der Waals surface area (Å²) in [5.41, 5.74) is 0. The van der Waals surface area contributed by atoms with E-state index in [-0.39, 0.29) is 19.0 Å². The van der Waals surface area contributed by atoms with Gasteiger partial charge in [-0.1, -0.05) is 6.07 Å². The first-order chi connectivity index (χ1) is 8.80. The molecule has 19 heavy (non-hydrogen) atoms. The van der Waals surface area contributed by atoms with Gasteiger partial charge in [0.25, 0.3) is 7.52 Å². The van der Waals surface area contributed by atoms with E-state index in [4.69, 9.17) is 10.2 Å². The Hall–Kier alpha value is -1.21. The Balaban J connectivity index is 2.63. The summed E-state index contributed by atoms with van der Waals surface area (Å²) < 4.78 is 11.9. The highest BCUT2D eigenvalue weighted by Crippen LogP contribution is 2.41. The zero-order valence-electron chi connectivity index (χ0n) is 9.85. The number of hydrogen-bond donors (Lipinski definition) is 4. The number of carboxylic acids is 2. The average Bonchev–Trinajstić information content (AvgIpc) is 2.75. The van der Waals surface area contributed by atoms with Gasteiger partial charge in [0.15, 0.2) is 0 Å². The summed E-state index contributed by atoms with van der Waals surface area (Å²) in [6.07, 6.45) is -0.815. The van der Waals surface area contributed by atoms with E-state index >= 15 is 0 Å². The summed E-state index contributed by atoms with van der Waals surface area (Å²) in [4.78, 5) is 31.7. The minimum atomic E-state index is -3.86. The number of nitrogens with one attached hydrogen (secondary N) is 1. The molecule has 0 saturated carbocycles. The van der Waals surface area contributed by atoms with E-state index in [1.807, 2.05) is 0 Å². The fourth-order valence-corrected chi connectivity index (χ4v) is 4.07. The molecule has 0 fully saturated rings. The molecule has 0 aliphatic carbocycles. The third-order valence-electron chi connectivity index (χ3n) is 2.25. The molecular weight excluding hydrogens is 293 g/mol. The third kappa shape index (κ3) is 5.98. The number of rotatable bonds is 8. The molecule has 106 valence electrons. The van der Waals surface area contributed by atoms with Crippen LogP contribution in [0, 0.1) is 0 Å². The Morgan fingerprint density at radius 3 is 2.58 bits per heavy atom. The maximum atomic E-state index is 11.9. The van der Waals surface area contributed by atoms with E-state index in [1.54, 1.807) is 17.5 Å². The first-order valence-electron chi connectivity index (χ1n) is 5.37. The summed E-state index contributed by atoms with van der Waals surface area (Å²) in [6, 6.07) is 2.04. The number of hydrogen-bond acceptors (Lipinski definition) is 4. The van der Waals surface area contributed by atoms with Crippen molar-refractivity contribution in [2.75, 3.05) is 0 Å². The molecule has 0 aromatic carbocycles. The van der Waals surface area contributed by atoms with Crippen molar-refractivity contribution < 1.29 is 29.3 Å². The Morgan fingerprint density at radius 2 is 2.11 bits per heavy atom. The van der Waals surface area contributed by atoms with Crippen molar-refractivity contribution in [1.82, 2.24) is 5.09 Å². The van der Waals surface area contributed by atoms with Crippen molar-refractivity contribution >= 4 is 30.8 Å². The largest absolute Gasteiger partial charge is 0.481 e. The lowest BCUT2D eigenvalue weighted by Crippen LogP contribution is -2.35. The van der Waals surface area contributed by atoms with Crippen LogP contribution in [-0.2, 0) is 20.3 Å². The quantitative estimate of drug-likeness (QED) is 0.534. The lowest BCUT2D eigenvalue weighted by atomic mass is 10.2. The van der Waals surface area contributed by atoms with Crippen LogP contribution in [0.1, 0.15) is 17.7 Å². The van der Waals surface area contributed by atoms with Gasteiger partial charge in [0.1, 0.15) is 6.04 Å². The second-order valence-electron chi connectivity index (χ2n) is 3.89. The van der Waals surface area contributed by atoms with E-state index in [0.717, 1.165) is 0 Å². The maximum absolute atomic E-state index is 11.9. The second-order valence-corrected chi connectivity index (χ2v) is 6.90. The Labute approximate surface area is 113 Å². The van der Waals surface area contributed by atoms with E-state index in [1.165, 1.54) is 11.3 Å². The average molecular weight is 307 g/mol. The predicted octanol–water partition coefficient (Wildman–Crippen LogP) is 1.34. The standard InChI is InChI=1S/C10H14NO6PS/c12-9(13)4-3-8(10(14)15)11-18(16,17)6-7-2-1-5-19-7/h1-2,5,8H,3-4,6H2,(H,12,13)(H,14,15)(H2,11,16,17). The molecule has 0 radical (unpaired) electrons. The van der Waals surface area contributed by atoms with Gasteiger partial charge in [-0.05, 0) is 17.9 Å². The highest BCUT2D eigenvalue weighted by molar-refractivity contribution is 7.55. The van der Waals surface area contributed by atoms with Crippen molar-refractivity contribution in [3.05, 3.63) is 22.4 Å². The predicted molar refractivity (Wildman–Crippen MR) is 69.3 cm³/mol. The Morgan fingerprint density at radius 1 is 1.42 bits per heavy atom. The van der Waals surface area contributed by atoms with Crippen LogP contribution in [0.3, 0.4) is 0 Å². The molecule has 7 nitrogen and oxygen atoms in total. The zero-order chi connectivity index (χ0) is 14.5. The number of carboxylic acid groups (broad SMARTS) is 2. The number of carbonyl (C=O) groups is 2. The summed E-state index contributed by atoms with van der Waals surface area (Å²) in [6.45, 7) is 0. The molecule has 0 amide bonds. The molecule has 0 spiro atoms. The first-order valence-corrected chi connectivity index (χ1v) is 8.09. The van der Waals surface area contributed by atoms with Gasteiger partial charge in [0, 0.05) is 11.3 Å². The van der Waals surface area contributed by atoms with E-state index in [0.29, 0.717) is 4.88 Å². The molecule has 1 aromatic heterocycles. The molecule has 2 atom stereocenters. The van der Waals surface area contributed by atoms with Crippen LogP contribution >= 0.6 is 18.9 Å². The normalized spacial score (nSPS) is 15.6. The fourth-order valence-electron chi connectivity index (χ4n) is 1.41. The molecule has 0 bridgehead atoms. The van der Waals surface area contributed by atoms with Crippen molar-refractivity contribution in [3.63, 3.8) is 0 Å². The van der Waals surface area contributed by atoms with Crippen LogP contribution in [0.2, 0.25) is 0 Å². The van der Waals surface area contributed by atoms with Crippen LogP contribution in [-0.4, -0.2) is 33.1 Å². The highest BCUT2D eigenvalue weighted by atomic mass is 32.1. The second kappa shape index (κ2) is 6.81. The monoisotopic (exact) mass is 307 g/mol. The Bertz CT molecular complexity index is 488. The van der Waals surface area contributed by atoms with Gasteiger partial charge in [-0.25, -0.2) is 5.09 Å². The van der Waals surface area contributed by atoms with Crippen molar-refractivity contribution in [1.29, 1.82) is 0 Å². The lowest BCUT2D eigenvalue weighted by Gasteiger charge is -2.18. The SMILES string of the molecule is O=C(O)CCC(NP(=O)(O)Cc1cccs1)C(=O)O. The smallest absolute Gasteiger partial charge is 0.321 e. The van der Waals surface area contributed by atoms with E-state index in [9.17, 15) is 19.0 Å². The van der Waals surface area contributed by atoms with Crippen LogP contribution in [0.4, 0.5) is 0 Å². The molecule has 0 aliphatic heterocycles.